The Morgan fingerprint density at radius 1 is 1.04 bits per heavy atom. The molecule has 1 aromatic carbocycles. The van der Waals surface area contributed by atoms with Gasteiger partial charge in [0, 0.05) is 48.3 Å². The van der Waals surface area contributed by atoms with Gasteiger partial charge in [-0.3, -0.25) is 14.6 Å². The Kier molecular flexibility index (Phi) is 8.95. The van der Waals surface area contributed by atoms with Crippen molar-refractivity contribution in [3.63, 3.8) is 0 Å². The van der Waals surface area contributed by atoms with Crippen LogP contribution in [0.5, 0.6) is 5.75 Å². The van der Waals surface area contributed by atoms with E-state index in [9.17, 15) is 9.90 Å². The largest absolute Gasteiger partial charge is 0.496 e. The predicted molar refractivity (Wildman–Crippen MR) is 188 cm³/mol. The molecule has 1 N–H and O–H groups in total. The van der Waals surface area contributed by atoms with Gasteiger partial charge in [-0.1, -0.05) is 32.9 Å². The first-order valence-electron chi connectivity index (χ1n) is 18.3. The van der Waals surface area contributed by atoms with E-state index in [1.165, 1.54) is 11.1 Å². The maximum absolute atomic E-state index is 14.7. The van der Waals surface area contributed by atoms with E-state index in [0.717, 1.165) is 100.0 Å². The van der Waals surface area contributed by atoms with E-state index in [0.29, 0.717) is 24.5 Å². The third-order valence-electron chi connectivity index (χ3n) is 12.5. The van der Waals surface area contributed by atoms with Gasteiger partial charge >= 0.3 is 0 Å². The Balaban J connectivity index is 1.13. The molecule has 1 amide bonds. The molecule has 8 heteroatoms. The van der Waals surface area contributed by atoms with Crippen molar-refractivity contribution >= 4 is 11.7 Å². The normalized spacial score (nSPS) is 29.0. The molecule has 5 fully saturated rings. The van der Waals surface area contributed by atoms with Gasteiger partial charge < -0.3 is 14.3 Å². The number of oxazole rings is 1. The number of likely N-dealkylation sites (tertiary alicyclic amines) is 1. The maximum atomic E-state index is 14.7. The Morgan fingerprint density at radius 2 is 1.77 bits per heavy atom. The van der Waals surface area contributed by atoms with Crippen molar-refractivity contribution in [2.45, 2.75) is 121 Å². The number of aromatic nitrogens is 2. The average Bonchev–Trinajstić information content (AvgIpc) is 3.60. The molecule has 258 valence electrons. The highest BCUT2D eigenvalue weighted by molar-refractivity contribution is 5.94. The Labute approximate surface area is 286 Å². The lowest BCUT2D eigenvalue weighted by molar-refractivity contribution is -0.125. The minimum atomic E-state index is -0.191. The van der Waals surface area contributed by atoms with Crippen molar-refractivity contribution < 1.29 is 19.1 Å². The lowest BCUT2D eigenvalue weighted by Crippen LogP contribution is -2.56. The van der Waals surface area contributed by atoms with Crippen LogP contribution in [-0.2, 0) is 15.6 Å². The van der Waals surface area contributed by atoms with Gasteiger partial charge in [-0.2, -0.15) is 0 Å². The Morgan fingerprint density at radius 3 is 2.35 bits per heavy atom. The molecule has 0 unspecified atom stereocenters. The fourth-order valence-corrected chi connectivity index (χ4v) is 9.24. The van der Waals surface area contributed by atoms with E-state index in [2.05, 4.69) is 55.7 Å². The summed E-state index contributed by atoms with van der Waals surface area (Å²) in [6.45, 7) is 10.4. The summed E-state index contributed by atoms with van der Waals surface area (Å²) < 4.78 is 11.4. The van der Waals surface area contributed by atoms with Crippen LogP contribution in [0.1, 0.15) is 108 Å². The molecule has 1 saturated heterocycles. The number of amides is 1. The second kappa shape index (κ2) is 12.9. The minimum Gasteiger partial charge on any atom is -0.496 e. The second-order valence-corrected chi connectivity index (χ2v) is 16.4. The monoisotopic (exact) mass is 654 g/mol. The first-order valence-corrected chi connectivity index (χ1v) is 18.3. The number of ether oxygens (including phenoxy) is 1. The summed E-state index contributed by atoms with van der Waals surface area (Å²) in [5.74, 6) is 2.59. The highest BCUT2D eigenvalue weighted by atomic mass is 16.5. The van der Waals surface area contributed by atoms with E-state index in [1.807, 2.05) is 18.3 Å². The second-order valence-electron chi connectivity index (χ2n) is 16.4. The zero-order valence-corrected chi connectivity index (χ0v) is 29.6. The number of anilines is 1. The summed E-state index contributed by atoms with van der Waals surface area (Å²) in [4.78, 5) is 28.9. The highest BCUT2D eigenvalue weighted by Crippen LogP contribution is 2.58. The van der Waals surface area contributed by atoms with Gasteiger partial charge in [-0.05, 0) is 118 Å². The predicted octanol–water partition coefficient (Wildman–Crippen LogP) is 7.60. The van der Waals surface area contributed by atoms with Gasteiger partial charge in [0.15, 0.2) is 5.89 Å². The lowest BCUT2D eigenvalue weighted by atomic mass is 9.51. The number of aliphatic hydroxyl groups excluding tert-OH is 1. The van der Waals surface area contributed by atoms with Crippen LogP contribution < -0.4 is 9.64 Å². The highest BCUT2D eigenvalue weighted by Gasteiger charge is 2.51. The molecule has 4 saturated carbocycles. The van der Waals surface area contributed by atoms with Crippen LogP contribution in [-0.4, -0.2) is 64.8 Å². The molecule has 1 aliphatic heterocycles. The molecule has 2 aromatic heterocycles. The molecule has 3 aromatic rings. The molecular formula is C40H54N4O4. The number of hydrogen-bond donors (Lipinski definition) is 1. The molecule has 5 aliphatic rings. The van der Waals surface area contributed by atoms with Crippen molar-refractivity contribution in [1.29, 1.82) is 0 Å². The van der Waals surface area contributed by atoms with Gasteiger partial charge in [0.2, 0.25) is 5.91 Å². The van der Waals surface area contributed by atoms with E-state index in [4.69, 9.17) is 19.1 Å². The van der Waals surface area contributed by atoms with Crippen molar-refractivity contribution in [1.82, 2.24) is 14.9 Å². The number of aliphatic hydroxyl groups is 1. The topological polar surface area (TPSA) is 91.9 Å². The van der Waals surface area contributed by atoms with Gasteiger partial charge in [0.25, 0.3) is 0 Å². The Bertz CT molecular complexity index is 1590. The molecule has 4 aliphatic carbocycles. The summed E-state index contributed by atoms with van der Waals surface area (Å²) in [7, 11) is 1.74. The van der Waals surface area contributed by atoms with Crippen molar-refractivity contribution in [3.05, 3.63) is 59.8 Å². The number of benzene rings is 1. The van der Waals surface area contributed by atoms with E-state index in [-0.39, 0.29) is 34.7 Å². The average molecular weight is 655 g/mol. The molecule has 48 heavy (non-hydrogen) atoms. The summed E-state index contributed by atoms with van der Waals surface area (Å²) >= 11 is 0. The molecule has 1 atom stereocenters. The fraction of sp³-hybridized carbons (Fsp3) is 0.625. The third-order valence-corrected chi connectivity index (χ3v) is 12.5. The van der Waals surface area contributed by atoms with Gasteiger partial charge in [0.05, 0.1) is 13.7 Å². The summed E-state index contributed by atoms with van der Waals surface area (Å²) in [6, 6.07) is 11.6. The van der Waals surface area contributed by atoms with Crippen LogP contribution in [0.15, 0.2) is 47.2 Å². The molecule has 3 heterocycles. The van der Waals surface area contributed by atoms with Gasteiger partial charge in [-0.25, -0.2) is 9.97 Å². The number of rotatable bonds is 9. The van der Waals surface area contributed by atoms with E-state index in [1.54, 1.807) is 13.4 Å². The summed E-state index contributed by atoms with van der Waals surface area (Å²) in [5, 5.41) is 9.77. The zero-order chi connectivity index (χ0) is 33.7. The Hall–Kier alpha value is -3.23. The third kappa shape index (κ3) is 6.19. The number of fused-ring (bicyclic) bond motifs is 3. The van der Waals surface area contributed by atoms with Gasteiger partial charge in [-0.15, -0.1) is 0 Å². The van der Waals surface area contributed by atoms with E-state index >= 15 is 0 Å². The number of carbonyl (C=O) groups excluding carboxylic acids is 1. The van der Waals surface area contributed by atoms with Crippen LogP contribution in [0.2, 0.25) is 0 Å². The lowest BCUT2D eigenvalue weighted by Gasteiger charge is -2.55. The van der Waals surface area contributed by atoms with Crippen LogP contribution >= 0.6 is 0 Å². The molecule has 2 bridgehead atoms. The molecule has 0 spiro atoms. The van der Waals surface area contributed by atoms with Crippen molar-refractivity contribution in [2.75, 3.05) is 31.7 Å². The molecule has 8 nitrogen and oxygen atoms in total. The zero-order valence-electron chi connectivity index (χ0n) is 29.6. The standard InChI is InChI=1S/C40H54N4O4/c1-27-22-30(8-11-34(27)47-5)40-17-14-39(15-18-40,16-19-40)26-44(36(46)28-6-9-31(10-7-28)43-21-13-32(43)24-45)35-23-29(12-20-41-35)33-25-48-37(42-33)38(2,3)4/h8,11-12,20,22-23,25,28,31-32,45H,6-7,9-10,13-19,21,24,26H2,1-5H3/t28?,31?,32-,39?,40?/m0/s1. The fourth-order valence-electron chi connectivity index (χ4n) is 9.24. The number of methoxy groups -OCH3 is 1. The maximum Gasteiger partial charge on any atom is 0.231 e. The van der Waals surface area contributed by atoms with Crippen LogP contribution in [0.25, 0.3) is 11.3 Å². The number of hydrogen-bond acceptors (Lipinski definition) is 7. The number of carbonyl (C=O) groups is 1. The van der Waals surface area contributed by atoms with Crippen LogP contribution in [0.4, 0.5) is 5.82 Å². The number of nitrogens with zero attached hydrogens (tertiary/aromatic N) is 4. The van der Waals surface area contributed by atoms with Gasteiger partial charge in [0.1, 0.15) is 23.5 Å². The smallest absolute Gasteiger partial charge is 0.231 e. The molecular weight excluding hydrogens is 600 g/mol. The van der Waals surface area contributed by atoms with Crippen LogP contribution in [0.3, 0.4) is 0 Å². The first-order chi connectivity index (χ1) is 23.0. The van der Waals surface area contributed by atoms with Crippen molar-refractivity contribution in [3.8, 4) is 17.0 Å². The molecule has 8 rings (SSSR count). The van der Waals surface area contributed by atoms with Crippen LogP contribution in [0, 0.1) is 18.3 Å². The van der Waals surface area contributed by atoms with Crippen molar-refractivity contribution in [2.24, 2.45) is 11.3 Å². The quantitative estimate of drug-likeness (QED) is 0.254. The number of aryl methyl sites for hydroxylation is 1. The SMILES string of the molecule is COc1ccc(C23CCC(CN(C(=O)C4CCC(N5CC[C@H]5CO)CC4)c4cc(-c5coc(C(C)(C)C)n5)ccn4)(CC2)CC3)cc1C. The number of pyridine rings is 1. The summed E-state index contributed by atoms with van der Waals surface area (Å²) in [5.41, 5.74) is 4.46. The van der Waals surface area contributed by atoms with E-state index < -0.39 is 0 Å². The first kappa shape index (κ1) is 33.3. The summed E-state index contributed by atoms with van der Waals surface area (Å²) in [6.07, 6.45) is 15.2. The molecule has 0 radical (unpaired) electrons. The minimum absolute atomic E-state index is 0.00921.